The molecule has 0 radical (unpaired) electrons. The van der Waals surface area contributed by atoms with Gasteiger partial charge in [0, 0.05) is 44.3 Å². The number of aromatic amines is 1. The fraction of sp³-hybridized carbons (Fsp3) is 0.515. The molecule has 272 valence electrons. The van der Waals surface area contributed by atoms with Gasteiger partial charge in [0.25, 0.3) is 11.5 Å². The maximum absolute atomic E-state index is 13.0. The van der Waals surface area contributed by atoms with Crippen LogP contribution in [0.15, 0.2) is 35.3 Å². The van der Waals surface area contributed by atoms with Crippen molar-refractivity contribution in [3.63, 3.8) is 0 Å². The largest absolute Gasteiger partial charge is 0.467 e. The molecule has 1 atom stereocenters. The Bertz CT molecular complexity index is 1660. The molecule has 0 spiro atoms. The number of methoxy groups -OCH3 is 1. The average molecular weight is 699 g/mol. The zero-order chi connectivity index (χ0) is 36.7. The number of ether oxygens (including phenoxy) is 4. The number of H-pyrrole nitrogens is 1. The molecule has 0 aliphatic rings. The summed E-state index contributed by atoms with van der Waals surface area (Å²) < 4.78 is 21.0. The Hall–Kier alpha value is -5.16. The molecule has 0 unspecified atom stereocenters. The summed E-state index contributed by atoms with van der Waals surface area (Å²) in [5, 5.41) is 5.35. The van der Waals surface area contributed by atoms with Gasteiger partial charge >= 0.3 is 11.9 Å². The van der Waals surface area contributed by atoms with Crippen molar-refractivity contribution >= 4 is 46.6 Å². The molecule has 1 aromatic carbocycles. The third kappa shape index (κ3) is 13.4. The molecule has 2 amide bonds. The molecule has 0 bridgehead atoms. The summed E-state index contributed by atoms with van der Waals surface area (Å²) in [5.74, 6) is -1.81. The van der Waals surface area contributed by atoms with Gasteiger partial charge in [-0.2, -0.15) is 4.98 Å². The van der Waals surface area contributed by atoms with Crippen LogP contribution in [0.25, 0.3) is 11.2 Å². The number of esters is 2. The van der Waals surface area contributed by atoms with E-state index in [2.05, 4.69) is 30.6 Å². The van der Waals surface area contributed by atoms with Crippen LogP contribution in [0, 0.1) is 0 Å². The van der Waals surface area contributed by atoms with Gasteiger partial charge in [0.2, 0.25) is 11.9 Å². The Labute approximate surface area is 289 Å². The molecule has 0 aliphatic heterocycles. The minimum atomic E-state index is -1.04. The molecule has 17 heteroatoms. The van der Waals surface area contributed by atoms with Gasteiger partial charge in [-0.1, -0.05) is 0 Å². The minimum Gasteiger partial charge on any atom is -0.467 e. The van der Waals surface area contributed by atoms with Crippen LogP contribution in [0.2, 0.25) is 0 Å². The van der Waals surface area contributed by atoms with Crippen molar-refractivity contribution in [2.24, 2.45) is 0 Å². The Morgan fingerprint density at radius 3 is 2.38 bits per heavy atom. The number of benzene rings is 1. The number of aromatic nitrogens is 4. The van der Waals surface area contributed by atoms with Gasteiger partial charge in [-0.3, -0.25) is 24.2 Å². The molecule has 2 aromatic heterocycles. The molecular weight excluding hydrogens is 652 g/mol. The predicted molar refractivity (Wildman–Crippen MR) is 183 cm³/mol. The van der Waals surface area contributed by atoms with E-state index in [-0.39, 0.29) is 61.4 Å². The predicted octanol–water partition coefficient (Wildman–Crippen LogP) is 1.25. The zero-order valence-electron chi connectivity index (χ0n) is 29.1. The van der Waals surface area contributed by atoms with Crippen LogP contribution in [-0.4, -0.2) is 102 Å². The Balaban J connectivity index is 1.36. The maximum atomic E-state index is 13.0. The number of nitrogen functional groups attached to an aromatic ring is 1. The summed E-state index contributed by atoms with van der Waals surface area (Å²) in [4.78, 5) is 78.3. The van der Waals surface area contributed by atoms with Crippen LogP contribution >= 0.6 is 0 Å². The molecule has 0 fully saturated rings. The topological polar surface area (TPSA) is 230 Å². The number of carbonyl (C=O) groups excluding carboxylic acids is 4. The van der Waals surface area contributed by atoms with E-state index >= 15 is 0 Å². The number of nitrogens with one attached hydrogen (secondary N) is 3. The van der Waals surface area contributed by atoms with Crippen molar-refractivity contribution in [2.75, 3.05) is 57.8 Å². The molecule has 5 N–H and O–H groups in total. The third-order valence-electron chi connectivity index (χ3n) is 6.94. The number of carbonyl (C=O) groups is 4. The van der Waals surface area contributed by atoms with Crippen molar-refractivity contribution in [3.8, 4) is 0 Å². The Kier molecular flexibility index (Phi) is 15.0. The van der Waals surface area contributed by atoms with Gasteiger partial charge in [-0.25, -0.2) is 14.8 Å². The molecule has 0 saturated carbocycles. The number of rotatable bonds is 19. The third-order valence-corrected chi connectivity index (χ3v) is 6.94. The van der Waals surface area contributed by atoms with Gasteiger partial charge in [-0.15, -0.1) is 0 Å². The highest BCUT2D eigenvalue weighted by Crippen LogP contribution is 2.17. The molecule has 2 heterocycles. The van der Waals surface area contributed by atoms with Crippen molar-refractivity contribution in [1.82, 2.24) is 30.6 Å². The summed E-state index contributed by atoms with van der Waals surface area (Å²) in [6.45, 7) is 7.36. The minimum absolute atomic E-state index is 0.0286. The first-order chi connectivity index (χ1) is 23.8. The normalized spacial score (nSPS) is 11.9. The average Bonchev–Trinajstić information content (AvgIpc) is 3.06. The summed E-state index contributed by atoms with van der Waals surface area (Å²) in [6, 6.07) is 5.60. The Morgan fingerprint density at radius 1 is 1.00 bits per heavy atom. The molecule has 3 rings (SSSR count). The number of fused-ring (bicyclic) bond motifs is 1. The molecule has 17 nitrogen and oxygen atoms in total. The van der Waals surface area contributed by atoms with Crippen LogP contribution < -0.4 is 26.8 Å². The first kappa shape index (κ1) is 39.3. The van der Waals surface area contributed by atoms with Gasteiger partial charge in [0.05, 0.1) is 45.4 Å². The van der Waals surface area contributed by atoms with E-state index in [1.165, 1.54) is 13.3 Å². The van der Waals surface area contributed by atoms with Crippen molar-refractivity contribution in [1.29, 1.82) is 0 Å². The van der Waals surface area contributed by atoms with Gasteiger partial charge in [0.1, 0.15) is 11.6 Å². The lowest BCUT2D eigenvalue weighted by Crippen LogP contribution is -2.42. The van der Waals surface area contributed by atoms with E-state index in [1.807, 2.05) is 32.7 Å². The standard InChI is InChI=1S/C33H46N8O9/c1-33(2,3)50-26(43)7-6-15-48-17-18-49-16-14-35-25(42)13-12-24(31(46)47-5)38-29(44)21-8-10-23(11-9-21)41(4)20-22-19-36-28-27(37-22)30(45)40-32(34)39-28/h8-11,19,24H,6-7,12-18,20H2,1-5H3,(H,35,42)(H,38,44)(H3,34,36,39,40,45)/t24-/m0/s1. The highest BCUT2D eigenvalue weighted by Gasteiger charge is 2.23. The fourth-order valence-corrected chi connectivity index (χ4v) is 4.54. The number of amides is 2. The lowest BCUT2D eigenvalue weighted by Gasteiger charge is -2.20. The van der Waals surface area contributed by atoms with Crippen molar-refractivity contribution in [2.45, 2.75) is 64.6 Å². The quantitative estimate of drug-likeness (QED) is 0.102. The zero-order valence-corrected chi connectivity index (χ0v) is 29.1. The Morgan fingerprint density at radius 2 is 1.70 bits per heavy atom. The second kappa shape index (κ2) is 19.1. The second-order valence-electron chi connectivity index (χ2n) is 12.2. The maximum Gasteiger partial charge on any atom is 0.328 e. The summed E-state index contributed by atoms with van der Waals surface area (Å²) >= 11 is 0. The highest BCUT2D eigenvalue weighted by atomic mass is 16.6. The van der Waals surface area contributed by atoms with E-state index in [0.717, 1.165) is 5.69 Å². The molecular formula is C33H46N8O9. The van der Waals surface area contributed by atoms with Gasteiger partial charge in [-0.05, 0) is 57.9 Å². The number of hydrogen-bond donors (Lipinski definition) is 4. The van der Waals surface area contributed by atoms with Crippen LogP contribution in [0.5, 0.6) is 0 Å². The summed E-state index contributed by atoms with van der Waals surface area (Å²) in [6.07, 6.45) is 2.33. The van der Waals surface area contributed by atoms with E-state index in [0.29, 0.717) is 44.0 Å². The van der Waals surface area contributed by atoms with Crippen LogP contribution in [0.1, 0.15) is 62.5 Å². The van der Waals surface area contributed by atoms with Crippen LogP contribution in [0.4, 0.5) is 11.6 Å². The van der Waals surface area contributed by atoms with E-state index in [9.17, 15) is 24.0 Å². The van der Waals surface area contributed by atoms with E-state index < -0.39 is 29.1 Å². The molecule has 0 aliphatic carbocycles. The van der Waals surface area contributed by atoms with Crippen LogP contribution in [0.3, 0.4) is 0 Å². The number of nitrogens with two attached hydrogens (primary N) is 1. The van der Waals surface area contributed by atoms with Crippen molar-refractivity contribution < 1.29 is 38.1 Å². The molecule has 0 saturated heterocycles. The first-order valence-electron chi connectivity index (χ1n) is 16.1. The SMILES string of the molecule is COC(=O)[C@H](CCC(=O)NCCOCCOCCCC(=O)OC(C)(C)C)NC(=O)c1ccc(N(C)Cc2cnc3nc(N)[nH]c(=O)c3n2)cc1. The van der Waals surface area contributed by atoms with Gasteiger partial charge < -0.3 is 40.2 Å². The van der Waals surface area contributed by atoms with Crippen molar-refractivity contribution in [3.05, 3.63) is 52.1 Å². The molecule has 50 heavy (non-hydrogen) atoms. The van der Waals surface area contributed by atoms with Gasteiger partial charge in [0.15, 0.2) is 11.2 Å². The monoisotopic (exact) mass is 698 g/mol. The van der Waals surface area contributed by atoms with Crippen LogP contribution in [-0.2, 0) is 39.9 Å². The summed E-state index contributed by atoms with van der Waals surface area (Å²) in [7, 11) is 3.01. The number of hydrogen-bond acceptors (Lipinski definition) is 14. The smallest absolute Gasteiger partial charge is 0.328 e. The fourth-order valence-electron chi connectivity index (χ4n) is 4.54. The lowest BCUT2D eigenvalue weighted by atomic mass is 10.1. The lowest BCUT2D eigenvalue weighted by molar-refractivity contribution is -0.155. The highest BCUT2D eigenvalue weighted by molar-refractivity contribution is 5.97. The molecule has 3 aromatic rings. The van der Waals surface area contributed by atoms with E-state index in [4.69, 9.17) is 24.7 Å². The van der Waals surface area contributed by atoms with E-state index in [1.54, 1.807) is 24.3 Å². The summed E-state index contributed by atoms with van der Waals surface area (Å²) in [5.41, 5.74) is 6.35. The second-order valence-corrected chi connectivity index (χ2v) is 12.2. The number of anilines is 2. The number of nitrogens with zero attached hydrogens (tertiary/aromatic N) is 4. The first-order valence-corrected chi connectivity index (χ1v) is 16.1.